The first-order valence-corrected chi connectivity index (χ1v) is 6.12. The van der Waals surface area contributed by atoms with Gasteiger partial charge in [0.2, 0.25) is 5.91 Å². The number of amides is 1. The van der Waals surface area contributed by atoms with Crippen LogP contribution in [0.2, 0.25) is 0 Å². The molecule has 0 saturated carbocycles. The lowest BCUT2D eigenvalue weighted by Gasteiger charge is -2.07. The molecule has 5 heteroatoms. The normalized spacial score (nSPS) is 10.5. The van der Waals surface area contributed by atoms with Crippen LogP contribution in [0.3, 0.4) is 0 Å². The molecule has 0 bridgehead atoms. The Morgan fingerprint density at radius 2 is 2.12 bits per heavy atom. The predicted molar refractivity (Wildman–Crippen MR) is 67.9 cm³/mol. The summed E-state index contributed by atoms with van der Waals surface area (Å²) in [5.74, 6) is 0.00879. The lowest BCUT2D eigenvalue weighted by molar-refractivity contribution is -0.121. The lowest BCUT2D eigenvalue weighted by atomic mass is 10.4. The van der Waals surface area contributed by atoms with Crippen LogP contribution in [0.1, 0.15) is 24.7 Å². The van der Waals surface area contributed by atoms with Gasteiger partial charge in [0, 0.05) is 18.8 Å². The largest absolute Gasteiger partial charge is 0.353 e. The number of nitrogens with one attached hydrogen (secondary N) is 2. The fraction of sp³-hybridized carbons (Fsp3) is 0.667. The quantitative estimate of drug-likeness (QED) is 0.684. The van der Waals surface area contributed by atoms with Gasteiger partial charge in [-0.25, -0.2) is 0 Å². The first-order chi connectivity index (χ1) is 8.13. The molecule has 0 aliphatic heterocycles. The highest BCUT2D eigenvalue weighted by Gasteiger charge is 2.05. The Bertz CT molecular complexity index is 359. The van der Waals surface area contributed by atoms with Gasteiger partial charge in [-0.3, -0.25) is 9.48 Å². The van der Waals surface area contributed by atoms with Crippen LogP contribution >= 0.6 is 0 Å². The molecule has 2 N–H and O–H groups in total. The molecular weight excluding hydrogens is 216 g/mol. The maximum atomic E-state index is 11.6. The molecule has 0 radical (unpaired) electrons. The average Bonchev–Trinajstić information content (AvgIpc) is 2.57. The molecule has 5 nitrogen and oxygen atoms in total. The molecule has 0 atom stereocenters. The Hall–Kier alpha value is -1.36. The van der Waals surface area contributed by atoms with E-state index in [4.69, 9.17) is 0 Å². The second-order valence-electron chi connectivity index (χ2n) is 4.18. The summed E-state index contributed by atoms with van der Waals surface area (Å²) in [5.41, 5.74) is 1.96. The van der Waals surface area contributed by atoms with E-state index >= 15 is 0 Å². The van der Waals surface area contributed by atoms with Gasteiger partial charge in [0.05, 0.1) is 5.69 Å². The van der Waals surface area contributed by atoms with Crippen LogP contribution in [0.15, 0.2) is 6.07 Å². The van der Waals surface area contributed by atoms with Gasteiger partial charge in [0.25, 0.3) is 0 Å². The zero-order chi connectivity index (χ0) is 12.7. The summed E-state index contributed by atoms with van der Waals surface area (Å²) >= 11 is 0. The second-order valence-corrected chi connectivity index (χ2v) is 4.18. The predicted octanol–water partition coefficient (Wildman–Crippen LogP) is 0.616. The number of rotatable bonds is 7. The van der Waals surface area contributed by atoms with E-state index in [0.717, 1.165) is 30.9 Å². The molecule has 0 aliphatic carbocycles. The van der Waals surface area contributed by atoms with Crippen LogP contribution < -0.4 is 10.6 Å². The monoisotopic (exact) mass is 238 g/mol. The highest BCUT2D eigenvalue weighted by molar-refractivity contribution is 5.75. The number of aromatic nitrogens is 2. The maximum absolute atomic E-state index is 11.6. The Morgan fingerprint density at radius 3 is 2.71 bits per heavy atom. The third kappa shape index (κ3) is 4.99. The van der Waals surface area contributed by atoms with Crippen molar-refractivity contribution < 1.29 is 4.79 Å². The van der Waals surface area contributed by atoms with Crippen molar-refractivity contribution >= 4 is 5.91 Å². The van der Waals surface area contributed by atoms with E-state index in [-0.39, 0.29) is 5.91 Å². The molecule has 17 heavy (non-hydrogen) atoms. The van der Waals surface area contributed by atoms with Gasteiger partial charge < -0.3 is 10.6 Å². The van der Waals surface area contributed by atoms with E-state index < -0.39 is 0 Å². The molecule has 96 valence electrons. The second kappa shape index (κ2) is 7.06. The molecular formula is C12H22N4O. The molecule has 0 fully saturated rings. The maximum Gasteiger partial charge on any atom is 0.241 e. The summed E-state index contributed by atoms with van der Waals surface area (Å²) in [4.78, 5) is 11.6. The smallest absolute Gasteiger partial charge is 0.241 e. The van der Waals surface area contributed by atoms with Gasteiger partial charge in [-0.1, -0.05) is 6.92 Å². The first-order valence-electron chi connectivity index (χ1n) is 6.12. The van der Waals surface area contributed by atoms with Crippen LogP contribution in [0.25, 0.3) is 0 Å². The van der Waals surface area contributed by atoms with Crippen molar-refractivity contribution in [1.29, 1.82) is 0 Å². The molecule has 0 saturated heterocycles. The zero-order valence-electron chi connectivity index (χ0n) is 10.9. The van der Waals surface area contributed by atoms with Crippen molar-refractivity contribution in [1.82, 2.24) is 20.4 Å². The number of carbonyl (C=O) groups is 1. The van der Waals surface area contributed by atoms with Crippen molar-refractivity contribution in [3.63, 3.8) is 0 Å². The van der Waals surface area contributed by atoms with E-state index in [0.29, 0.717) is 13.1 Å². The Kier molecular flexibility index (Phi) is 5.69. The van der Waals surface area contributed by atoms with Crippen LogP contribution in [0.4, 0.5) is 0 Å². The molecule has 1 amide bonds. The van der Waals surface area contributed by atoms with Crippen LogP contribution in [-0.2, 0) is 11.3 Å². The van der Waals surface area contributed by atoms with Crippen molar-refractivity contribution in [2.75, 3.05) is 19.6 Å². The number of hydrogen-bond acceptors (Lipinski definition) is 3. The fourth-order valence-electron chi connectivity index (χ4n) is 1.62. The Balaban J connectivity index is 2.23. The van der Waals surface area contributed by atoms with Crippen molar-refractivity contribution in [2.45, 2.75) is 33.7 Å². The average molecular weight is 238 g/mol. The molecule has 0 aromatic carbocycles. The van der Waals surface area contributed by atoms with Gasteiger partial charge in [-0.15, -0.1) is 0 Å². The molecule has 1 rings (SSSR count). The van der Waals surface area contributed by atoms with E-state index in [1.165, 1.54) is 0 Å². The third-order valence-electron chi connectivity index (χ3n) is 2.45. The standard InChI is InChI=1S/C12H22N4O/c1-4-5-13-6-7-14-12(17)9-16-11(3)8-10(2)15-16/h8,13H,4-7,9H2,1-3H3,(H,14,17). The Labute approximate surface area is 103 Å². The molecule has 1 aromatic heterocycles. The SMILES string of the molecule is CCCNCCNC(=O)Cn1nc(C)cc1C. The van der Waals surface area contributed by atoms with Crippen molar-refractivity contribution in [3.05, 3.63) is 17.5 Å². The van der Waals surface area contributed by atoms with Gasteiger partial charge >= 0.3 is 0 Å². The van der Waals surface area contributed by atoms with E-state index in [1.807, 2.05) is 19.9 Å². The number of nitrogens with zero attached hydrogens (tertiary/aromatic N) is 2. The number of aryl methyl sites for hydroxylation is 2. The minimum Gasteiger partial charge on any atom is -0.353 e. The summed E-state index contributed by atoms with van der Waals surface area (Å²) in [6.45, 7) is 8.77. The number of carbonyl (C=O) groups excluding carboxylic acids is 1. The summed E-state index contributed by atoms with van der Waals surface area (Å²) in [5, 5.41) is 10.3. The van der Waals surface area contributed by atoms with Gasteiger partial charge in [-0.05, 0) is 32.9 Å². The highest BCUT2D eigenvalue weighted by atomic mass is 16.2. The molecule has 1 heterocycles. The minimum absolute atomic E-state index is 0.00879. The number of hydrogen-bond donors (Lipinski definition) is 2. The van der Waals surface area contributed by atoms with Gasteiger partial charge in [-0.2, -0.15) is 5.10 Å². The van der Waals surface area contributed by atoms with E-state index in [1.54, 1.807) is 4.68 Å². The Morgan fingerprint density at radius 1 is 1.35 bits per heavy atom. The van der Waals surface area contributed by atoms with Crippen LogP contribution in [0, 0.1) is 13.8 Å². The van der Waals surface area contributed by atoms with E-state index in [9.17, 15) is 4.79 Å². The first kappa shape index (κ1) is 13.7. The summed E-state index contributed by atoms with van der Waals surface area (Å²) in [7, 11) is 0. The van der Waals surface area contributed by atoms with Crippen LogP contribution in [-0.4, -0.2) is 35.3 Å². The highest BCUT2D eigenvalue weighted by Crippen LogP contribution is 2.00. The molecule has 0 spiro atoms. The fourth-order valence-corrected chi connectivity index (χ4v) is 1.62. The van der Waals surface area contributed by atoms with Crippen LogP contribution in [0.5, 0.6) is 0 Å². The topological polar surface area (TPSA) is 58.9 Å². The van der Waals surface area contributed by atoms with Gasteiger partial charge in [0.1, 0.15) is 6.54 Å². The van der Waals surface area contributed by atoms with Gasteiger partial charge in [0.15, 0.2) is 0 Å². The summed E-state index contributed by atoms with van der Waals surface area (Å²) in [6, 6.07) is 1.97. The molecule has 0 unspecified atom stereocenters. The zero-order valence-corrected chi connectivity index (χ0v) is 10.9. The minimum atomic E-state index is 0.00879. The van der Waals surface area contributed by atoms with E-state index in [2.05, 4.69) is 22.7 Å². The third-order valence-corrected chi connectivity index (χ3v) is 2.45. The van der Waals surface area contributed by atoms with Crippen molar-refractivity contribution in [2.24, 2.45) is 0 Å². The lowest BCUT2D eigenvalue weighted by Crippen LogP contribution is -2.34. The van der Waals surface area contributed by atoms with Crippen molar-refractivity contribution in [3.8, 4) is 0 Å². The molecule has 1 aromatic rings. The summed E-state index contributed by atoms with van der Waals surface area (Å²) < 4.78 is 1.73. The summed E-state index contributed by atoms with van der Waals surface area (Å²) in [6.07, 6.45) is 1.11. The molecule has 0 aliphatic rings.